The van der Waals surface area contributed by atoms with Crippen LogP contribution in [0.2, 0.25) is 5.02 Å². The summed E-state index contributed by atoms with van der Waals surface area (Å²) in [6.45, 7) is -0.147. The Morgan fingerprint density at radius 3 is 2.72 bits per heavy atom. The van der Waals surface area contributed by atoms with Crippen LogP contribution in [-0.4, -0.2) is 25.9 Å². The number of hydrogen-bond donors (Lipinski definition) is 2. The molecule has 0 saturated carbocycles. The first-order valence-corrected chi connectivity index (χ1v) is 8.66. The summed E-state index contributed by atoms with van der Waals surface area (Å²) in [6.07, 6.45) is 0. The van der Waals surface area contributed by atoms with Gasteiger partial charge in [0, 0.05) is 6.07 Å². The topological polar surface area (TPSA) is 128 Å². The number of rotatable bonds is 4. The minimum Gasteiger partial charge on any atom is -0.482 e. The van der Waals surface area contributed by atoms with E-state index in [1.165, 1.54) is 30.3 Å². The van der Waals surface area contributed by atoms with Crippen molar-refractivity contribution in [3.05, 3.63) is 51.5 Å². The fraction of sp³-hybridized carbons (Fsp3) is 0.0714. The Labute approximate surface area is 146 Å². The molecule has 0 atom stereocenters. The van der Waals surface area contributed by atoms with E-state index in [0.717, 1.165) is 6.07 Å². The van der Waals surface area contributed by atoms with Crippen LogP contribution in [0.1, 0.15) is 0 Å². The highest BCUT2D eigenvalue weighted by molar-refractivity contribution is 7.92. The number of nitrogens with zero attached hydrogens (tertiary/aromatic N) is 1. The summed E-state index contributed by atoms with van der Waals surface area (Å²) in [5.41, 5.74) is -0.219. The highest BCUT2D eigenvalue weighted by Crippen LogP contribution is 2.32. The van der Waals surface area contributed by atoms with Crippen LogP contribution in [0.4, 0.5) is 17.1 Å². The van der Waals surface area contributed by atoms with Crippen molar-refractivity contribution in [2.45, 2.75) is 4.90 Å². The lowest BCUT2D eigenvalue weighted by molar-refractivity contribution is -0.384. The molecule has 0 fully saturated rings. The van der Waals surface area contributed by atoms with Gasteiger partial charge in [-0.05, 0) is 30.3 Å². The van der Waals surface area contributed by atoms with Gasteiger partial charge in [-0.15, -0.1) is 0 Å². The number of nitrogens with one attached hydrogen (secondary N) is 2. The average molecular weight is 384 g/mol. The molecule has 0 aliphatic carbocycles. The van der Waals surface area contributed by atoms with Gasteiger partial charge in [-0.2, -0.15) is 0 Å². The van der Waals surface area contributed by atoms with E-state index in [9.17, 15) is 23.3 Å². The highest BCUT2D eigenvalue weighted by atomic mass is 35.5. The Bertz CT molecular complexity index is 992. The molecule has 1 aliphatic heterocycles. The Balaban J connectivity index is 1.93. The second-order valence-electron chi connectivity index (χ2n) is 5.02. The Kier molecular flexibility index (Phi) is 4.23. The molecule has 1 heterocycles. The number of carbonyl (C=O) groups excluding carboxylic acids is 1. The fourth-order valence-electron chi connectivity index (χ4n) is 2.16. The molecule has 0 unspecified atom stereocenters. The summed E-state index contributed by atoms with van der Waals surface area (Å²) in [5.74, 6) is -0.0518. The van der Waals surface area contributed by atoms with Crippen molar-refractivity contribution in [1.29, 1.82) is 0 Å². The summed E-state index contributed by atoms with van der Waals surface area (Å²) < 4.78 is 32.3. The monoisotopic (exact) mass is 383 g/mol. The molecule has 0 bridgehead atoms. The van der Waals surface area contributed by atoms with Crippen molar-refractivity contribution >= 4 is 44.6 Å². The molecular weight excluding hydrogens is 374 g/mol. The van der Waals surface area contributed by atoms with E-state index in [2.05, 4.69) is 10.0 Å². The summed E-state index contributed by atoms with van der Waals surface area (Å²) >= 11 is 5.70. The molecule has 0 spiro atoms. The number of benzene rings is 2. The summed E-state index contributed by atoms with van der Waals surface area (Å²) in [6, 6.07) is 7.48. The second kappa shape index (κ2) is 6.22. The molecule has 1 amide bonds. The number of hydrogen-bond acceptors (Lipinski definition) is 6. The van der Waals surface area contributed by atoms with Crippen LogP contribution in [0.15, 0.2) is 41.3 Å². The first-order valence-electron chi connectivity index (χ1n) is 6.80. The van der Waals surface area contributed by atoms with Gasteiger partial charge in [-0.1, -0.05) is 11.6 Å². The van der Waals surface area contributed by atoms with Crippen molar-refractivity contribution in [2.24, 2.45) is 0 Å². The van der Waals surface area contributed by atoms with Gasteiger partial charge in [-0.3, -0.25) is 19.6 Å². The maximum atomic E-state index is 12.5. The lowest BCUT2D eigenvalue weighted by Crippen LogP contribution is -2.25. The van der Waals surface area contributed by atoms with E-state index in [4.69, 9.17) is 16.3 Å². The number of nitro groups is 1. The number of carbonyl (C=O) groups is 1. The molecule has 2 aromatic rings. The molecule has 130 valence electrons. The van der Waals surface area contributed by atoms with Crippen LogP contribution in [0, 0.1) is 10.1 Å². The van der Waals surface area contributed by atoms with Crippen LogP contribution >= 0.6 is 11.6 Å². The number of anilines is 2. The predicted octanol–water partition coefficient (Wildman–Crippen LogP) is 2.38. The number of fused-ring (bicyclic) bond motifs is 1. The molecule has 1 aliphatic rings. The summed E-state index contributed by atoms with van der Waals surface area (Å²) in [7, 11) is -4.04. The van der Waals surface area contributed by atoms with Gasteiger partial charge in [0.05, 0.1) is 21.2 Å². The Morgan fingerprint density at radius 1 is 1.24 bits per heavy atom. The first kappa shape index (κ1) is 17.0. The average Bonchev–Trinajstić information content (AvgIpc) is 2.55. The van der Waals surface area contributed by atoms with Gasteiger partial charge in [0.1, 0.15) is 10.8 Å². The van der Waals surface area contributed by atoms with Crippen molar-refractivity contribution in [3.8, 4) is 5.75 Å². The van der Waals surface area contributed by atoms with E-state index in [1.807, 2.05) is 0 Å². The molecule has 0 saturated heterocycles. The van der Waals surface area contributed by atoms with E-state index in [1.54, 1.807) is 0 Å². The maximum Gasteiger partial charge on any atom is 0.289 e. The smallest absolute Gasteiger partial charge is 0.289 e. The van der Waals surface area contributed by atoms with Gasteiger partial charge >= 0.3 is 0 Å². The zero-order chi connectivity index (χ0) is 18.2. The predicted molar refractivity (Wildman–Crippen MR) is 89.5 cm³/mol. The SMILES string of the molecule is O=C1COc2ccc(S(=O)(=O)Nc3ccc(Cl)c([N+](=O)[O-])c3)cc2N1. The molecule has 0 radical (unpaired) electrons. The molecule has 25 heavy (non-hydrogen) atoms. The van der Waals surface area contributed by atoms with Crippen molar-refractivity contribution in [1.82, 2.24) is 0 Å². The normalized spacial score (nSPS) is 13.4. The molecule has 11 heteroatoms. The number of amides is 1. The third-order valence-electron chi connectivity index (χ3n) is 3.29. The fourth-order valence-corrected chi connectivity index (χ4v) is 3.42. The zero-order valence-electron chi connectivity index (χ0n) is 12.4. The number of sulfonamides is 1. The molecule has 2 aromatic carbocycles. The van der Waals surface area contributed by atoms with Crippen molar-refractivity contribution in [2.75, 3.05) is 16.6 Å². The summed E-state index contributed by atoms with van der Waals surface area (Å²) in [4.78, 5) is 21.4. The van der Waals surface area contributed by atoms with Gasteiger partial charge in [0.2, 0.25) is 0 Å². The van der Waals surface area contributed by atoms with E-state index < -0.39 is 26.5 Å². The quantitative estimate of drug-likeness (QED) is 0.616. The maximum absolute atomic E-state index is 12.5. The Hall–Kier alpha value is -2.85. The van der Waals surface area contributed by atoms with E-state index in [-0.39, 0.29) is 27.9 Å². The minimum atomic E-state index is -4.04. The lowest BCUT2D eigenvalue weighted by atomic mass is 10.2. The van der Waals surface area contributed by atoms with Gasteiger partial charge in [0.15, 0.2) is 6.61 Å². The standard InChI is InChI=1S/C14H10ClN3O6S/c15-10-3-1-8(5-12(10)18(20)21)17-25(22,23)9-2-4-13-11(6-9)16-14(19)7-24-13/h1-6,17H,7H2,(H,16,19). The summed E-state index contributed by atoms with van der Waals surface area (Å²) in [5, 5.41) is 13.3. The van der Waals surface area contributed by atoms with Crippen molar-refractivity contribution < 1.29 is 22.9 Å². The third-order valence-corrected chi connectivity index (χ3v) is 4.99. The molecular formula is C14H10ClN3O6S. The lowest BCUT2D eigenvalue weighted by Gasteiger charge is -2.18. The zero-order valence-corrected chi connectivity index (χ0v) is 13.9. The van der Waals surface area contributed by atoms with Crippen LogP contribution in [0.3, 0.4) is 0 Å². The van der Waals surface area contributed by atoms with E-state index in [0.29, 0.717) is 5.75 Å². The van der Waals surface area contributed by atoms with Gasteiger partial charge < -0.3 is 10.1 Å². The van der Waals surface area contributed by atoms with E-state index >= 15 is 0 Å². The molecule has 0 aromatic heterocycles. The molecule has 2 N–H and O–H groups in total. The highest BCUT2D eigenvalue weighted by Gasteiger charge is 2.22. The Morgan fingerprint density at radius 2 is 2.00 bits per heavy atom. The van der Waals surface area contributed by atoms with Crippen LogP contribution < -0.4 is 14.8 Å². The molecule has 3 rings (SSSR count). The third kappa shape index (κ3) is 3.49. The van der Waals surface area contributed by atoms with Gasteiger partial charge in [0.25, 0.3) is 21.6 Å². The second-order valence-corrected chi connectivity index (χ2v) is 7.11. The first-order chi connectivity index (χ1) is 11.8. The largest absolute Gasteiger partial charge is 0.482 e. The molecule has 9 nitrogen and oxygen atoms in total. The van der Waals surface area contributed by atoms with Crippen LogP contribution in [0.25, 0.3) is 0 Å². The minimum absolute atomic E-state index is 0.0193. The van der Waals surface area contributed by atoms with Crippen molar-refractivity contribution in [3.63, 3.8) is 0 Å². The number of halogens is 1. The van der Waals surface area contributed by atoms with Gasteiger partial charge in [-0.25, -0.2) is 8.42 Å². The number of ether oxygens (including phenoxy) is 1. The number of nitro benzene ring substituents is 1. The van der Waals surface area contributed by atoms with Crippen LogP contribution in [0.5, 0.6) is 5.75 Å². The van der Waals surface area contributed by atoms with Crippen LogP contribution in [-0.2, 0) is 14.8 Å².